The van der Waals surface area contributed by atoms with E-state index in [0.29, 0.717) is 17.5 Å². The minimum atomic E-state index is -0.0748. The van der Waals surface area contributed by atoms with Crippen molar-refractivity contribution in [3.8, 4) is 17.1 Å². The average Bonchev–Trinajstić information content (AvgIpc) is 2.73. The molecule has 4 heteroatoms. The van der Waals surface area contributed by atoms with E-state index < -0.39 is 0 Å². The van der Waals surface area contributed by atoms with E-state index in [-0.39, 0.29) is 11.9 Å². The number of rotatable bonds is 8. The van der Waals surface area contributed by atoms with Gasteiger partial charge >= 0.3 is 5.97 Å². The van der Waals surface area contributed by atoms with Crippen LogP contribution in [-0.4, -0.2) is 15.9 Å². The molecule has 0 saturated heterocycles. The van der Waals surface area contributed by atoms with Crippen LogP contribution in [0.3, 0.4) is 0 Å². The Morgan fingerprint density at radius 1 is 1.07 bits per heavy atom. The fourth-order valence-electron chi connectivity index (χ4n) is 4.18. The second-order valence-electron chi connectivity index (χ2n) is 8.11. The maximum absolute atomic E-state index is 12.7. The molecule has 28 heavy (non-hydrogen) atoms. The number of esters is 1. The Morgan fingerprint density at radius 3 is 2.54 bits per heavy atom. The van der Waals surface area contributed by atoms with Gasteiger partial charge in [-0.15, -0.1) is 0 Å². The van der Waals surface area contributed by atoms with Gasteiger partial charge in [-0.05, 0) is 61.4 Å². The average molecular weight is 381 g/mol. The molecule has 1 heterocycles. The van der Waals surface area contributed by atoms with E-state index in [1.807, 2.05) is 24.3 Å². The number of hydrogen-bond acceptors (Lipinski definition) is 4. The Balaban J connectivity index is 1.53. The van der Waals surface area contributed by atoms with E-state index in [2.05, 4.69) is 23.8 Å². The van der Waals surface area contributed by atoms with E-state index >= 15 is 0 Å². The summed E-state index contributed by atoms with van der Waals surface area (Å²) in [5.41, 5.74) is 0.916. The van der Waals surface area contributed by atoms with Gasteiger partial charge in [0.2, 0.25) is 0 Å². The molecular formula is C24H32N2O2. The van der Waals surface area contributed by atoms with Crippen LogP contribution in [0.15, 0.2) is 42.7 Å². The topological polar surface area (TPSA) is 52.1 Å². The molecule has 4 nitrogen and oxygen atoms in total. The summed E-state index contributed by atoms with van der Waals surface area (Å²) < 4.78 is 5.69. The van der Waals surface area contributed by atoms with Crippen molar-refractivity contribution in [1.82, 2.24) is 9.97 Å². The fraction of sp³-hybridized carbons (Fsp3) is 0.542. The first-order valence-corrected chi connectivity index (χ1v) is 10.8. The van der Waals surface area contributed by atoms with Crippen LogP contribution in [0, 0.1) is 17.8 Å². The number of ether oxygens (including phenoxy) is 1. The molecule has 0 aliphatic heterocycles. The van der Waals surface area contributed by atoms with Gasteiger partial charge in [-0.2, -0.15) is 0 Å². The third-order valence-electron chi connectivity index (χ3n) is 6.02. The second kappa shape index (κ2) is 10.4. The van der Waals surface area contributed by atoms with Crippen molar-refractivity contribution in [2.75, 3.05) is 0 Å². The molecule has 0 amide bonds. The molecule has 0 N–H and O–H groups in total. The van der Waals surface area contributed by atoms with Crippen molar-refractivity contribution >= 4 is 5.97 Å². The molecule has 2 aromatic rings. The number of carbonyl (C=O) groups excluding carboxylic acids is 1. The number of nitrogens with zero attached hydrogens (tertiary/aromatic N) is 2. The normalized spacial score (nSPS) is 22.0. The van der Waals surface area contributed by atoms with Gasteiger partial charge in [-0.1, -0.05) is 46.0 Å². The predicted octanol–water partition coefficient (Wildman–Crippen LogP) is 6.07. The summed E-state index contributed by atoms with van der Waals surface area (Å²) in [4.78, 5) is 21.2. The zero-order chi connectivity index (χ0) is 19.8. The first-order valence-electron chi connectivity index (χ1n) is 10.8. The van der Waals surface area contributed by atoms with Crippen molar-refractivity contribution in [2.24, 2.45) is 17.8 Å². The molecule has 3 unspecified atom stereocenters. The lowest BCUT2D eigenvalue weighted by Crippen LogP contribution is -2.30. The van der Waals surface area contributed by atoms with E-state index in [1.54, 1.807) is 18.5 Å². The molecule has 1 fully saturated rings. The van der Waals surface area contributed by atoms with Crippen molar-refractivity contribution in [1.29, 1.82) is 0 Å². The summed E-state index contributed by atoms with van der Waals surface area (Å²) in [5.74, 6) is 2.60. The molecule has 3 atom stereocenters. The zero-order valence-electron chi connectivity index (χ0n) is 17.1. The van der Waals surface area contributed by atoms with Crippen molar-refractivity contribution in [3.05, 3.63) is 42.7 Å². The SMILES string of the molecule is CCCCCCC1CC(C(=O)Oc2ccc(-c3ncccn3)cc2)CCC1C. The maximum atomic E-state index is 12.7. The van der Waals surface area contributed by atoms with Gasteiger partial charge in [0.15, 0.2) is 5.82 Å². The molecule has 1 aliphatic carbocycles. The number of benzene rings is 1. The summed E-state index contributed by atoms with van der Waals surface area (Å²) in [6.07, 6.45) is 12.9. The van der Waals surface area contributed by atoms with Crippen LogP contribution >= 0.6 is 0 Å². The lowest BCUT2D eigenvalue weighted by Gasteiger charge is -2.33. The Kier molecular flexibility index (Phi) is 7.58. The van der Waals surface area contributed by atoms with Crippen LogP contribution in [0.2, 0.25) is 0 Å². The van der Waals surface area contributed by atoms with Crippen LogP contribution < -0.4 is 4.74 Å². The van der Waals surface area contributed by atoms with E-state index in [1.165, 1.54) is 32.1 Å². The van der Waals surface area contributed by atoms with Gasteiger partial charge in [0.1, 0.15) is 5.75 Å². The molecule has 3 rings (SSSR count). The molecule has 1 aromatic carbocycles. The smallest absolute Gasteiger partial charge is 0.314 e. The Bertz CT molecular complexity index is 730. The van der Waals surface area contributed by atoms with E-state index in [4.69, 9.17) is 4.74 Å². The Morgan fingerprint density at radius 2 is 1.82 bits per heavy atom. The summed E-state index contributed by atoms with van der Waals surface area (Å²) >= 11 is 0. The van der Waals surface area contributed by atoms with Crippen LogP contribution in [0.1, 0.15) is 65.2 Å². The molecular weight excluding hydrogens is 348 g/mol. The quantitative estimate of drug-likeness (QED) is 0.317. The van der Waals surface area contributed by atoms with Crippen molar-refractivity contribution < 1.29 is 9.53 Å². The summed E-state index contributed by atoms with van der Waals surface area (Å²) in [7, 11) is 0. The highest BCUT2D eigenvalue weighted by Gasteiger charge is 2.32. The highest BCUT2D eigenvalue weighted by molar-refractivity contribution is 5.75. The first kappa shape index (κ1) is 20.5. The molecule has 0 radical (unpaired) electrons. The largest absolute Gasteiger partial charge is 0.426 e. The minimum Gasteiger partial charge on any atom is -0.426 e. The van der Waals surface area contributed by atoms with E-state index in [9.17, 15) is 4.79 Å². The van der Waals surface area contributed by atoms with Gasteiger partial charge < -0.3 is 4.74 Å². The maximum Gasteiger partial charge on any atom is 0.314 e. The fourth-order valence-corrected chi connectivity index (χ4v) is 4.18. The predicted molar refractivity (Wildman–Crippen MR) is 112 cm³/mol. The van der Waals surface area contributed by atoms with E-state index in [0.717, 1.165) is 30.7 Å². The lowest BCUT2D eigenvalue weighted by atomic mass is 9.73. The van der Waals surface area contributed by atoms with Crippen LogP contribution in [0.25, 0.3) is 11.4 Å². The molecule has 0 bridgehead atoms. The van der Waals surface area contributed by atoms with Crippen molar-refractivity contribution in [3.63, 3.8) is 0 Å². The standard InChI is InChI=1S/C24H32N2O2/c1-3-4-5-6-8-20-17-21(10-9-18(20)2)24(27)28-22-13-11-19(12-14-22)23-25-15-7-16-26-23/h7,11-16,18,20-21H,3-6,8-10,17H2,1-2H3. The second-order valence-corrected chi connectivity index (χ2v) is 8.11. The highest BCUT2D eigenvalue weighted by Crippen LogP contribution is 2.37. The molecule has 1 aromatic heterocycles. The molecule has 0 spiro atoms. The van der Waals surface area contributed by atoms with Gasteiger partial charge in [-0.25, -0.2) is 9.97 Å². The summed E-state index contributed by atoms with van der Waals surface area (Å²) in [6.45, 7) is 4.59. The zero-order valence-corrected chi connectivity index (χ0v) is 17.1. The van der Waals surface area contributed by atoms with Gasteiger partial charge in [0, 0.05) is 18.0 Å². The number of unbranched alkanes of at least 4 members (excludes halogenated alkanes) is 3. The third-order valence-corrected chi connectivity index (χ3v) is 6.02. The molecule has 150 valence electrons. The summed E-state index contributed by atoms with van der Waals surface area (Å²) in [6, 6.07) is 9.26. The first-order chi connectivity index (χ1) is 13.7. The van der Waals surface area contributed by atoms with Crippen LogP contribution in [-0.2, 0) is 4.79 Å². The number of hydrogen-bond donors (Lipinski definition) is 0. The highest BCUT2D eigenvalue weighted by atomic mass is 16.5. The Hall–Kier alpha value is -2.23. The lowest BCUT2D eigenvalue weighted by molar-refractivity contribution is -0.141. The van der Waals surface area contributed by atoms with Crippen LogP contribution in [0.4, 0.5) is 0 Å². The Labute approximate surface area is 168 Å². The monoisotopic (exact) mass is 380 g/mol. The number of aromatic nitrogens is 2. The van der Waals surface area contributed by atoms with Crippen molar-refractivity contribution in [2.45, 2.75) is 65.2 Å². The van der Waals surface area contributed by atoms with Gasteiger partial charge in [0.05, 0.1) is 5.92 Å². The number of carbonyl (C=O) groups is 1. The van der Waals surface area contributed by atoms with Gasteiger partial charge in [0.25, 0.3) is 0 Å². The molecule has 1 saturated carbocycles. The molecule has 1 aliphatic rings. The minimum absolute atomic E-state index is 0.0320. The van der Waals surface area contributed by atoms with Gasteiger partial charge in [-0.3, -0.25) is 4.79 Å². The summed E-state index contributed by atoms with van der Waals surface area (Å²) in [5, 5.41) is 0. The third kappa shape index (κ3) is 5.63. The van der Waals surface area contributed by atoms with Crippen LogP contribution in [0.5, 0.6) is 5.75 Å².